The molecule has 0 heterocycles. The van der Waals surface area contributed by atoms with Gasteiger partial charge in [-0.25, -0.2) is 0 Å². The second-order valence-corrected chi connectivity index (χ2v) is 6.91. The molecule has 0 aromatic heterocycles. The Morgan fingerprint density at radius 2 is 1.73 bits per heavy atom. The Morgan fingerprint density at radius 1 is 1.08 bits per heavy atom. The quantitative estimate of drug-likeness (QED) is 0.749. The van der Waals surface area contributed by atoms with Crippen LogP contribution in [0.3, 0.4) is 0 Å². The van der Waals surface area contributed by atoms with Gasteiger partial charge in [-0.05, 0) is 50.1 Å². The van der Waals surface area contributed by atoms with E-state index in [0.717, 1.165) is 6.54 Å². The molecule has 1 atom stereocenters. The van der Waals surface area contributed by atoms with Crippen LogP contribution in [-0.2, 0) is 11.3 Å². The van der Waals surface area contributed by atoms with Gasteiger partial charge in [0, 0.05) is 6.54 Å². The third-order valence-electron chi connectivity index (χ3n) is 4.56. The molecule has 1 unspecified atom stereocenters. The van der Waals surface area contributed by atoms with E-state index < -0.39 is 0 Å². The molecule has 0 aliphatic rings. The highest BCUT2D eigenvalue weighted by Gasteiger charge is 2.19. The maximum Gasteiger partial charge on any atom is 0.241 e. The molecule has 0 saturated heterocycles. The molecule has 1 amide bonds. The molecular formula is C22H30N2O2. The first-order valence-electron chi connectivity index (χ1n) is 9.24. The molecule has 0 aliphatic carbocycles. The lowest BCUT2D eigenvalue weighted by Crippen LogP contribution is -2.39. The zero-order chi connectivity index (χ0) is 19.1. The Labute approximate surface area is 157 Å². The summed E-state index contributed by atoms with van der Waals surface area (Å²) in [5, 5.41) is 2.98. The zero-order valence-corrected chi connectivity index (χ0v) is 16.5. The highest BCUT2D eigenvalue weighted by molar-refractivity contribution is 5.95. The van der Waals surface area contributed by atoms with Crippen LogP contribution in [0.15, 0.2) is 48.5 Å². The number of hydrogen-bond acceptors (Lipinski definition) is 3. The van der Waals surface area contributed by atoms with Gasteiger partial charge in [0.1, 0.15) is 5.75 Å². The number of hydrogen-bond donors (Lipinski definition) is 1. The highest BCUT2D eigenvalue weighted by Crippen LogP contribution is 2.24. The van der Waals surface area contributed by atoms with E-state index in [1.807, 2.05) is 50.1 Å². The number of nitrogens with one attached hydrogen (secondary N) is 1. The molecular weight excluding hydrogens is 324 g/mol. The molecule has 0 bridgehead atoms. The van der Waals surface area contributed by atoms with E-state index in [4.69, 9.17) is 4.74 Å². The number of nitrogens with zero attached hydrogens (tertiary/aromatic N) is 1. The summed E-state index contributed by atoms with van der Waals surface area (Å²) in [6.45, 7) is 9.51. The van der Waals surface area contributed by atoms with Gasteiger partial charge in [0.15, 0.2) is 0 Å². The molecule has 0 aliphatic heterocycles. The monoisotopic (exact) mass is 354 g/mol. The molecule has 0 spiro atoms. The lowest BCUT2D eigenvalue weighted by Gasteiger charge is -2.24. The van der Waals surface area contributed by atoms with Gasteiger partial charge < -0.3 is 10.1 Å². The van der Waals surface area contributed by atoms with Gasteiger partial charge in [0.05, 0.1) is 18.3 Å². The average molecular weight is 354 g/mol. The van der Waals surface area contributed by atoms with Crippen LogP contribution in [0, 0.1) is 0 Å². The highest BCUT2D eigenvalue weighted by atomic mass is 16.5. The summed E-state index contributed by atoms with van der Waals surface area (Å²) < 4.78 is 5.58. The fourth-order valence-electron chi connectivity index (χ4n) is 2.72. The van der Waals surface area contributed by atoms with Gasteiger partial charge in [-0.3, -0.25) is 9.69 Å². The number of amides is 1. The van der Waals surface area contributed by atoms with Crippen molar-refractivity contribution < 1.29 is 9.53 Å². The Bertz CT molecular complexity index is 710. The maximum atomic E-state index is 12.6. The van der Waals surface area contributed by atoms with Crippen LogP contribution in [-0.4, -0.2) is 30.5 Å². The summed E-state index contributed by atoms with van der Waals surface area (Å²) in [6, 6.07) is 15.9. The van der Waals surface area contributed by atoms with Crippen molar-refractivity contribution in [2.75, 3.05) is 19.0 Å². The van der Waals surface area contributed by atoms with Crippen molar-refractivity contribution in [1.82, 2.24) is 4.90 Å². The van der Waals surface area contributed by atoms with Crippen molar-refractivity contribution in [2.24, 2.45) is 0 Å². The average Bonchev–Trinajstić information content (AvgIpc) is 2.63. The summed E-state index contributed by atoms with van der Waals surface area (Å²) >= 11 is 0. The number of carbonyl (C=O) groups excluding carboxylic acids is 1. The first-order valence-corrected chi connectivity index (χ1v) is 9.24. The first kappa shape index (κ1) is 20.0. The van der Waals surface area contributed by atoms with Gasteiger partial charge in [-0.2, -0.15) is 0 Å². The number of anilines is 1. The molecule has 4 nitrogen and oxygen atoms in total. The molecule has 2 aromatic carbocycles. The summed E-state index contributed by atoms with van der Waals surface area (Å²) in [4.78, 5) is 14.7. The van der Waals surface area contributed by atoms with Gasteiger partial charge in [-0.15, -0.1) is 0 Å². The molecule has 140 valence electrons. The Kier molecular flexibility index (Phi) is 7.22. The van der Waals surface area contributed by atoms with Crippen LogP contribution in [0.2, 0.25) is 0 Å². The molecule has 2 aromatic rings. The molecule has 4 heteroatoms. The number of carbonyl (C=O) groups is 1. The van der Waals surface area contributed by atoms with Crippen LogP contribution in [0.1, 0.15) is 44.7 Å². The van der Waals surface area contributed by atoms with Crippen molar-refractivity contribution >= 4 is 11.6 Å². The SMILES string of the molecule is CCOc1ccccc1NC(=O)C(C)N(C)Cc1ccc(C(C)C)cc1. The zero-order valence-electron chi connectivity index (χ0n) is 16.5. The van der Waals surface area contributed by atoms with E-state index in [1.165, 1.54) is 11.1 Å². The van der Waals surface area contributed by atoms with Gasteiger partial charge in [-0.1, -0.05) is 50.2 Å². The van der Waals surface area contributed by atoms with E-state index in [9.17, 15) is 4.79 Å². The fourth-order valence-corrected chi connectivity index (χ4v) is 2.72. The van der Waals surface area contributed by atoms with E-state index in [-0.39, 0.29) is 11.9 Å². The van der Waals surface area contributed by atoms with E-state index in [0.29, 0.717) is 24.0 Å². The number of rotatable bonds is 8. The Morgan fingerprint density at radius 3 is 2.35 bits per heavy atom. The topological polar surface area (TPSA) is 41.6 Å². The molecule has 0 radical (unpaired) electrons. The standard InChI is InChI=1S/C22H30N2O2/c1-6-26-21-10-8-7-9-20(21)23-22(25)17(4)24(5)15-18-11-13-19(14-12-18)16(2)3/h7-14,16-17H,6,15H2,1-5H3,(H,23,25). The predicted molar refractivity (Wildman–Crippen MR) is 108 cm³/mol. The van der Waals surface area contributed by atoms with Crippen molar-refractivity contribution in [3.8, 4) is 5.75 Å². The van der Waals surface area contributed by atoms with E-state index in [2.05, 4.69) is 43.4 Å². The molecule has 1 N–H and O–H groups in total. The lowest BCUT2D eigenvalue weighted by molar-refractivity contribution is -0.120. The van der Waals surface area contributed by atoms with E-state index in [1.54, 1.807) is 0 Å². The summed E-state index contributed by atoms with van der Waals surface area (Å²) in [6.07, 6.45) is 0. The minimum absolute atomic E-state index is 0.0431. The molecule has 26 heavy (non-hydrogen) atoms. The van der Waals surface area contributed by atoms with Crippen LogP contribution < -0.4 is 10.1 Å². The third kappa shape index (κ3) is 5.33. The number of ether oxygens (including phenoxy) is 1. The normalized spacial score (nSPS) is 12.3. The van der Waals surface area contributed by atoms with Crippen molar-refractivity contribution in [3.05, 3.63) is 59.7 Å². The largest absolute Gasteiger partial charge is 0.492 e. The first-order chi connectivity index (χ1) is 12.4. The smallest absolute Gasteiger partial charge is 0.241 e. The van der Waals surface area contributed by atoms with Crippen molar-refractivity contribution in [1.29, 1.82) is 0 Å². The predicted octanol–water partition coefficient (Wildman–Crippen LogP) is 4.67. The molecule has 2 rings (SSSR count). The summed E-state index contributed by atoms with van der Waals surface area (Å²) in [7, 11) is 1.97. The van der Waals surface area contributed by atoms with Crippen LogP contribution in [0.4, 0.5) is 5.69 Å². The third-order valence-corrected chi connectivity index (χ3v) is 4.56. The summed E-state index contributed by atoms with van der Waals surface area (Å²) in [5.74, 6) is 1.18. The summed E-state index contributed by atoms with van der Waals surface area (Å²) in [5.41, 5.74) is 3.24. The minimum Gasteiger partial charge on any atom is -0.492 e. The Hall–Kier alpha value is -2.33. The van der Waals surface area contributed by atoms with Crippen molar-refractivity contribution in [2.45, 2.75) is 46.2 Å². The van der Waals surface area contributed by atoms with E-state index >= 15 is 0 Å². The minimum atomic E-state index is -0.255. The number of likely N-dealkylation sites (N-methyl/N-ethyl adjacent to an activating group) is 1. The maximum absolute atomic E-state index is 12.6. The molecule has 0 fully saturated rings. The Balaban J connectivity index is 1.99. The second-order valence-electron chi connectivity index (χ2n) is 6.91. The van der Waals surface area contributed by atoms with Crippen LogP contribution in [0.5, 0.6) is 5.75 Å². The van der Waals surface area contributed by atoms with Gasteiger partial charge >= 0.3 is 0 Å². The second kappa shape index (κ2) is 9.39. The van der Waals surface area contributed by atoms with Gasteiger partial charge in [0.2, 0.25) is 5.91 Å². The van der Waals surface area contributed by atoms with Crippen LogP contribution >= 0.6 is 0 Å². The number of benzene rings is 2. The molecule has 0 saturated carbocycles. The fraction of sp³-hybridized carbons (Fsp3) is 0.409. The van der Waals surface area contributed by atoms with Crippen molar-refractivity contribution in [3.63, 3.8) is 0 Å². The van der Waals surface area contributed by atoms with Gasteiger partial charge in [0.25, 0.3) is 0 Å². The number of para-hydroxylation sites is 2. The lowest BCUT2D eigenvalue weighted by atomic mass is 10.0. The van der Waals surface area contributed by atoms with Crippen LogP contribution in [0.25, 0.3) is 0 Å².